The molecule has 1 N–H and O–H groups in total. The number of thioether (sulfide) groups is 1. The van der Waals surface area contributed by atoms with Gasteiger partial charge in [-0.2, -0.15) is 5.10 Å². The monoisotopic (exact) mass is 652 g/mol. The molecule has 0 bridgehead atoms. The van der Waals surface area contributed by atoms with Crippen molar-refractivity contribution in [2.24, 2.45) is 5.10 Å². The summed E-state index contributed by atoms with van der Waals surface area (Å²) in [6.45, 7) is 2.18. The molecular weight excluding hydrogens is 621 g/mol. The molecule has 0 spiro atoms. The van der Waals surface area contributed by atoms with E-state index >= 15 is 0 Å². The molecule has 0 saturated carbocycles. The number of aromatic nitrogens is 3. The highest BCUT2D eigenvalue weighted by atomic mass is 32.2. The Morgan fingerprint density at radius 3 is 2.37 bits per heavy atom. The van der Waals surface area contributed by atoms with Crippen LogP contribution >= 0.6 is 23.1 Å². The first-order valence-electron chi connectivity index (χ1n) is 14.6. The van der Waals surface area contributed by atoms with E-state index in [1.807, 2.05) is 95.7 Å². The molecule has 6 rings (SSSR count). The molecule has 0 aliphatic carbocycles. The van der Waals surface area contributed by atoms with E-state index in [1.54, 1.807) is 25.3 Å². The highest BCUT2D eigenvalue weighted by Gasteiger charge is 2.33. The van der Waals surface area contributed by atoms with Crippen molar-refractivity contribution in [3.63, 3.8) is 0 Å². The Kier molecular flexibility index (Phi) is 9.46. The molecule has 1 aliphatic rings. The van der Waals surface area contributed by atoms with Gasteiger partial charge in [-0.25, -0.2) is 5.01 Å². The van der Waals surface area contributed by atoms with Gasteiger partial charge >= 0.3 is 0 Å². The van der Waals surface area contributed by atoms with E-state index < -0.39 is 0 Å². The Bertz CT molecular complexity index is 1850. The summed E-state index contributed by atoms with van der Waals surface area (Å²) in [7, 11) is 3.25. The van der Waals surface area contributed by atoms with E-state index in [1.165, 1.54) is 23.1 Å². The minimum absolute atomic E-state index is 0.0809. The van der Waals surface area contributed by atoms with Gasteiger partial charge in [-0.1, -0.05) is 42.1 Å². The summed E-state index contributed by atoms with van der Waals surface area (Å²) in [5.41, 5.74) is 4.60. The van der Waals surface area contributed by atoms with Gasteiger partial charge in [0.1, 0.15) is 11.5 Å². The van der Waals surface area contributed by atoms with Crippen LogP contribution < -0.4 is 14.8 Å². The number of hydrogen-bond donors (Lipinski definition) is 1. The first kappa shape index (κ1) is 31.1. The number of amides is 2. The highest BCUT2D eigenvalue weighted by molar-refractivity contribution is 7.99. The molecule has 3 aromatic carbocycles. The number of carbonyl (C=O) groups is 2. The quantitative estimate of drug-likeness (QED) is 0.173. The second kappa shape index (κ2) is 14.0. The van der Waals surface area contributed by atoms with Gasteiger partial charge in [-0.05, 0) is 83.6 Å². The Labute approximate surface area is 275 Å². The SMILES string of the molecule is COc1ccc(C2=NN(C(=O)CSc3nnc(CNC(=O)c4cccs4)n3-c3cccc(C)c3)[C@H](c3ccc(OC)cc3)C2)cc1. The summed E-state index contributed by atoms with van der Waals surface area (Å²) < 4.78 is 12.6. The van der Waals surface area contributed by atoms with Crippen LogP contribution in [0.3, 0.4) is 0 Å². The van der Waals surface area contributed by atoms with Crippen molar-refractivity contribution in [2.75, 3.05) is 20.0 Å². The number of ether oxygens (including phenoxy) is 2. The van der Waals surface area contributed by atoms with Gasteiger partial charge in [0.05, 0.1) is 43.1 Å². The summed E-state index contributed by atoms with van der Waals surface area (Å²) >= 11 is 2.66. The number of aryl methyl sites for hydroxylation is 1. The highest BCUT2D eigenvalue weighted by Crippen LogP contribution is 2.35. The van der Waals surface area contributed by atoms with Gasteiger partial charge in [0.15, 0.2) is 11.0 Å². The molecular formula is C34H32N6O4S2. The lowest BCUT2D eigenvalue weighted by Crippen LogP contribution is -2.28. The summed E-state index contributed by atoms with van der Waals surface area (Å²) in [4.78, 5) is 27.2. The van der Waals surface area contributed by atoms with E-state index in [0.29, 0.717) is 22.3 Å². The van der Waals surface area contributed by atoms with Gasteiger partial charge in [-0.15, -0.1) is 21.5 Å². The van der Waals surface area contributed by atoms with Crippen molar-refractivity contribution in [3.05, 3.63) is 118 Å². The second-order valence-electron chi connectivity index (χ2n) is 10.5. The molecule has 10 nitrogen and oxygen atoms in total. The van der Waals surface area contributed by atoms with Crippen molar-refractivity contribution < 1.29 is 19.1 Å². The normalized spacial score (nSPS) is 14.2. The predicted molar refractivity (Wildman–Crippen MR) is 179 cm³/mol. The number of nitrogens with zero attached hydrogens (tertiary/aromatic N) is 5. The second-order valence-corrected chi connectivity index (χ2v) is 12.4. The zero-order chi connectivity index (χ0) is 32.0. The molecule has 5 aromatic rings. The number of hydrazone groups is 1. The Morgan fingerprint density at radius 2 is 1.70 bits per heavy atom. The molecule has 46 heavy (non-hydrogen) atoms. The predicted octanol–water partition coefficient (Wildman–Crippen LogP) is 6.05. The maximum Gasteiger partial charge on any atom is 0.261 e. The minimum atomic E-state index is -0.284. The zero-order valence-corrected chi connectivity index (χ0v) is 27.2. The molecule has 3 heterocycles. The van der Waals surface area contributed by atoms with Gasteiger partial charge < -0.3 is 14.8 Å². The zero-order valence-electron chi connectivity index (χ0n) is 25.5. The summed E-state index contributed by atoms with van der Waals surface area (Å²) in [5, 5.41) is 20.6. The van der Waals surface area contributed by atoms with Gasteiger partial charge in [0.25, 0.3) is 11.8 Å². The molecule has 0 fully saturated rings. The number of thiophene rings is 1. The van der Waals surface area contributed by atoms with Crippen molar-refractivity contribution >= 4 is 40.6 Å². The fourth-order valence-corrected chi connectivity index (χ4v) is 6.63. The Balaban J connectivity index is 1.25. The molecule has 0 unspecified atom stereocenters. The number of nitrogens with one attached hydrogen (secondary N) is 1. The van der Waals surface area contributed by atoms with Crippen LogP contribution in [0.1, 0.15) is 44.6 Å². The topological polar surface area (TPSA) is 111 Å². The lowest BCUT2D eigenvalue weighted by molar-refractivity contribution is -0.130. The van der Waals surface area contributed by atoms with Crippen LogP contribution in [-0.2, 0) is 11.3 Å². The van der Waals surface area contributed by atoms with Crippen LogP contribution in [0.25, 0.3) is 5.69 Å². The van der Waals surface area contributed by atoms with Gasteiger partial charge in [0.2, 0.25) is 0 Å². The third kappa shape index (κ3) is 6.82. The van der Waals surface area contributed by atoms with E-state index in [0.717, 1.165) is 39.6 Å². The first-order valence-corrected chi connectivity index (χ1v) is 16.4. The third-order valence-electron chi connectivity index (χ3n) is 7.53. The van der Waals surface area contributed by atoms with E-state index in [9.17, 15) is 9.59 Å². The molecule has 1 aliphatic heterocycles. The third-order valence-corrected chi connectivity index (χ3v) is 9.31. The van der Waals surface area contributed by atoms with Crippen LogP contribution in [-0.4, -0.2) is 57.3 Å². The molecule has 1 atom stereocenters. The van der Waals surface area contributed by atoms with Crippen LogP contribution in [0, 0.1) is 6.92 Å². The summed E-state index contributed by atoms with van der Waals surface area (Å²) in [6.07, 6.45) is 0.558. The van der Waals surface area contributed by atoms with Crippen LogP contribution in [0.2, 0.25) is 0 Å². The maximum absolute atomic E-state index is 13.9. The standard InChI is InChI=1S/C34H32N6O4S2/c1-22-6-4-7-25(18-22)39-31(20-35-33(42)30-8-5-17-45-30)36-37-34(39)46-21-32(41)40-29(24-11-15-27(44-3)16-12-24)19-28(38-40)23-9-13-26(43-2)14-10-23/h4-18,29H,19-21H2,1-3H3,(H,35,42)/t29-/m0/s1. The largest absolute Gasteiger partial charge is 0.497 e. The molecule has 12 heteroatoms. The summed E-state index contributed by atoms with van der Waals surface area (Å²) in [6, 6.07) is 26.7. The molecule has 0 saturated heterocycles. The Hall–Kier alpha value is -4.94. The van der Waals surface area contributed by atoms with Gasteiger partial charge in [0, 0.05) is 12.1 Å². The van der Waals surface area contributed by atoms with Gasteiger partial charge in [-0.3, -0.25) is 14.2 Å². The van der Waals surface area contributed by atoms with Crippen molar-refractivity contribution in [1.29, 1.82) is 0 Å². The molecule has 2 amide bonds. The number of methoxy groups -OCH3 is 2. The van der Waals surface area contributed by atoms with E-state index in [-0.39, 0.29) is 30.2 Å². The average Bonchev–Trinajstić information content (AvgIpc) is 3.87. The van der Waals surface area contributed by atoms with E-state index in [2.05, 4.69) is 15.5 Å². The molecule has 2 aromatic heterocycles. The van der Waals surface area contributed by atoms with Crippen LogP contribution in [0.4, 0.5) is 0 Å². The van der Waals surface area contributed by atoms with Crippen molar-refractivity contribution in [2.45, 2.75) is 31.1 Å². The average molecular weight is 653 g/mol. The maximum atomic E-state index is 13.9. The van der Waals surface area contributed by atoms with E-state index in [4.69, 9.17) is 14.6 Å². The van der Waals surface area contributed by atoms with Crippen molar-refractivity contribution in [3.8, 4) is 17.2 Å². The fraction of sp³-hybridized carbons (Fsp3) is 0.206. The lowest BCUT2D eigenvalue weighted by Gasteiger charge is -2.22. The lowest BCUT2D eigenvalue weighted by atomic mass is 9.98. The minimum Gasteiger partial charge on any atom is -0.497 e. The Morgan fingerprint density at radius 1 is 0.957 bits per heavy atom. The molecule has 0 radical (unpaired) electrons. The number of carbonyl (C=O) groups excluding carboxylic acids is 2. The fourth-order valence-electron chi connectivity index (χ4n) is 5.17. The van der Waals surface area contributed by atoms with Crippen LogP contribution in [0.15, 0.2) is 101 Å². The van der Waals surface area contributed by atoms with Crippen LogP contribution in [0.5, 0.6) is 11.5 Å². The van der Waals surface area contributed by atoms with Crippen molar-refractivity contribution in [1.82, 2.24) is 25.1 Å². The first-order chi connectivity index (χ1) is 22.4. The summed E-state index contributed by atoms with van der Waals surface area (Å²) in [5.74, 6) is 1.79. The number of benzene rings is 3. The smallest absolute Gasteiger partial charge is 0.261 e. The number of hydrogen-bond acceptors (Lipinski definition) is 9. The molecule has 234 valence electrons. The number of rotatable bonds is 11.